The first-order chi connectivity index (χ1) is 16.9. The van der Waals surface area contributed by atoms with Crippen LogP contribution < -0.4 is 10.6 Å². The Bertz CT molecular complexity index is 1130. The van der Waals surface area contributed by atoms with E-state index in [2.05, 4.69) is 10.6 Å². The van der Waals surface area contributed by atoms with Crippen molar-refractivity contribution in [2.24, 2.45) is 0 Å². The topological polar surface area (TPSA) is 93.7 Å². The Kier molecular flexibility index (Phi) is 9.42. The van der Waals surface area contributed by atoms with E-state index in [-0.39, 0.29) is 32.0 Å². The van der Waals surface area contributed by atoms with Crippen molar-refractivity contribution in [3.63, 3.8) is 0 Å². The van der Waals surface area contributed by atoms with Crippen LogP contribution in [0, 0.1) is 13.8 Å². The number of rotatable bonds is 10. The van der Waals surface area contributed by atoms with Gasteiger partial charge in [-0.3, -0.25) is 4.79 Å². The van der Waals surface area contributed by atoms with Gasteiger partial charge in [0.1, 0.15) is 19.3 Å². The number of anilines is 1. The van der Waals surface area contributed by atoms with Crippen molar-refractivity contribution in [1.29, 1.82) is 0 Å². The molecule has 3 rings (SSSR count). The molecule has 7 heteroatoms. The second-order valence-electron chi connectivity index (χ2n) is 8.24. The zero-order valence-corrected chi connectivity index (χ0v) is 20.0. The van der Waals surface area contributed by atoms with Gasteiger partial charge in [-0.15, -0.1) is 0 Å². The number of alkyl carbamates (subject to hydrolysis) is 1. The van der Waals surface area contributed by atoms with Gasteiger partial charge >= 0.3 is 12.1 Å². The molecule has 182 valence electrons. The number of benzene rings is 3. The van der Waals surface area contributed by atoms with Crippen molar-refractivity contribution in [3.8, 4) is 0 Å². The molecular weight excluding hydrogens is 444 g/mol. The first kappa shape index (κ1) is 25.5. The fourth-order valence-corrected chi connectivity index (χ4v) is 3.30. The Labute approximate surface area is 205 Å². The quantitative estimate of drug-likeness (QED) is 0.401. The van der Waals surface area contributed by atoms with Crippen molar-refractivity contribution < 1.29 is 23.9 Å². The van der Waals surface area contributed by atoms with Crippen LogP contribution in [0.2, 0.25) is 0 Å². The lowest BCUT2D eigenvalue weighted by atomic mass is 10.1. The molecule has 0 aromatic heterocycles. The van der Waals surface area contributed by atoms with Crippen LogP contribution >= 0.6 is 0 Å². The molecule has 0 aliphatic carbocycles. The number of carbonyl (C=O) groups is 3. The molecule has 0 spiro atoms. The molecule has 0 saturated carbocycles. The molecule has 0 saturated heterocycles. The molecule has 0 radical (unpaired) electrons. The fraction of sp³-hybridized carbons (Fsp3) is 0.250. The average Bonchev–Trinajstić information content (AvgIpc) is 2.87. The van der Waals surface area contributed by atoms with Crippen LogP contribution in [-0.4, -0.2) is 24.0 Å². The van der Waals surface area contributed by atoms with E-state index in [0.717, 1.165) is 22.3 Å². The highest BCUT2D eigenvalue weighted by molar-refractivity contribution is 5.91. The maximum atomic E-state index is 12.8. The van der Waals surface area contributed by atoms with Gasteiger partial charge in [0.05, 0.1) is 0 Å². The average molecular weight is 475 g/mol. The number of hydrogen-bond donors (Lipinski definition) is 2. The van der Waals surface area contributed by atoms with Gasteiger partial charge in [-0.25, -0.2) is 9.59 Å². The Morgan fingerprint density at radius 3 is 1.97 bits per heavy atom. The molecule has 0 bridgehead atoms. The van der Waals surface area contributed by atoms with Gasteiger partial charge in [0, 0.05) is 12.1 Å². The Morgan fingerprint density at radius 2 is 1.37 bits per heavy atom. The Balaban J connectivity index is 1.57. The molecule has 3 aromatic rings. The molecule has 1 atom stereocenters. The van der Waals surface area contributed by atoms with Gasteiger partial charge in [0.2, 0.25) is 5.91 Å². The van der Waals surface area contributed by atoms with E-state index in [9.17, 15) is 14.4 Å². The molecule has 2 N–H and O–H groups in total. The third-order valence-corrected chi connectivity index (χ3v) is 5.46. The van der Waals surface area contributed by atoms with E-state index in [4.69, 9.17) is 9.47 Å². The summed E-state index contributed by atoms with van der Waals surface area (Å²) in [6.45, 7) is 4.08. The molecule has 0 fully saturated rings. The number of nitrogens with one attached hydrogen (secondary N) is 2. The summed E-state index contributed by atoms with van der Waals surface area (Å²) in [7, 11) is 0. The van der Waals surface area contributed by atoms with Crippen molar-refractivity contribution in [2.75, 3.05) is 5.32 Å². The van der Waals surface area contributed by atoms with Gasteiger partial charge in [-0.05, 0) is 54.7 Å². The van der Waals surface area contributed by atoms with E-state index in [1.54, 1.807) is 0 Å². The number of esters is 1. The van der Waals surface area contributed by atoms with Crippen LogP contribution in [0.1, 0.15) is 35.1 Å². The Morgan fingerprint density at radius 1 is 0.771 bits per heavy atom. The zero-order chi connectivity index (χ0) is 25.0. The number of carbonyl (C=O) groups excluding carboxylic acids is 3. The molecule has 35 heavy (non-hydrogen) atoms. The molecule has 3 aromatic carbocycles. The maximum absolute atomic E-state index is 12.8. The van der Waals surface area contributed by atoms with Gasteiger partial charge in [-0.2, -0.15) is 0 Å². The summed E-state index contributed by atoms with van der Waals surface area (Å²) in [6, 6.07) is 23.0. The van der Waals surface area contributed by atoms with Crippen molar-refractivity contribution in [3.05, 3.63) is 101 Å². The smallest absolute Gasteiger partial charge is 0.408 e. The van der Waals surface area contributed by atoms with Crippen LogP contribution in [0.5, 0.6) is 0 Å². The fourth-order valence-electron chi connectivity index (χ4n) is 3.30. The minimum absolute atomic E-state index is 0.0109. The van der Waals surface area contributed by atoms with Crippen LogP contribution in [0.4, 0.5) is 10.5 Å². The first-order valence-corrected chi connectivity index (χ1v) is 11.5. The van der Waals surface area contributed by atoms with E-state index in [1.165, 1.54) is 0 Å². The zero-order valence-electron chi connectivity index (χ0n) is 20.0. The standard InChI is InChI=1S/C28H30N2O5/c1-20-13-14-24(17-21(20)2)29-26(31)16-15-25(27(32)34-18-22-9-5-3-6-10-22)30-28(33)35-19-23-11-7-4-8-12-23/h3-14,17,25H,15-16,18-19H2,1-2H3,(H,29,31)(H,30,33)/t25-/m1/s1. The maximum Gasteiger partial charge on any atom is 0.408 e. The van der Waals surface area contributed by atoms with E-state index < -0.39 is 18.1 Å². The summed E-state index contributed by atoms with van der Waals surface area (Å²) in [5.74, 6) is -0.905. The molecule has 0 aliphatic rings. The van der Waals surface area contributed by atoms with Crippen LogP contribution in [0.25, 0.3) is 0 Å². The minimum atomic E-state index is -1.03. The second kappa shape index (κ2) is 12.9. The van der Waals surface area contributed by atoms with Crippen LogP contribution in [0.3, 0.4) is 0 Å². The van der Waals surface area contributed by atoms with E-state index in [0.29, 0.717) is 5.69 Å². The molecule has 0 unspecified atom stereocenters. The lowest BCUT2D eigenvalue weighted by molar-refractivity contribution is -0.147. The molecule has 7 nitrogen and oxygen atoms in total. The SMILES string of the molecule is Cc1ccc(NC(=O)CC[C@@H](NC(=O)OCc2ccccc2)C(=O)OCc2ccccc2)cc1C. The van der Waals surface area contributed by atoms with Crippen LogP contribution in [-0.2, 0) is 32.3 Å². The lowest BCUT2D eigenvalue weighted by Gasteiger charge is -2.18. The molecule has 0 heterocycles. The number of aryl methyl sites for hydroxylation is 2. The van der Waals surface area contributed by atoms with Crippen molar-refractivity contribution in [2.45, 2.75) is 45.9 Å². The normalized spacial score (nSPS) is 11.3. The van der Waals surface area contributed by atoms with E-state index >= 15 is 0 Å². The van der Waals surface area contributed by atoms with Gasteiger partial charge in [-0.1, -0.05) is 66.7 Å². The number of hydrogen-bond acceptors (Lipinski definition) is 5. The highest BCUT2D eigenvalue weighted by atomic mass is 16.6. The molecule has 2 amide bonds. The lowest BCUT2D eigenvalue weighted by Crippen LogP contribution is -2.42. The summed E-state index contributed by atoms with van der Waals surface area (Å²) < 4.78 is 10.6. The largest absolute Gasteiger partial charge is 0.459 e. The third kappa shape index (κ3) is 8.62. The third-order valence-electron chi connectivity index (χ3n) is 5.46. The van der Waals surface area contributed by atoms with Gasteiger partial charge in [0.15, 0.2) is 0 Å². The monoisotopic (exact) mass is 474 g/mol. The van der Waals surface area contributed by atoms with Gasteiger partial charge < -0.3 is 20.1 Å². The number of amides is 2. The summed E-state index contributed by atoms with van der Waals surface area (Å²) in [5.41, 5.74) is 4.50. The summed E-state index contributed by atoms with van der Waals surface area (Å²) in [6.07, 6.45) is -0.688. The molecule has 0 aliphatic heterocycles. The summed E-state index contributed by atoms with van der Waals surface area (Å²) >= 11 is 0. The van der Waals surface area contributed by atoms with Gasteiger partial charge in [0.25, 0.3) is 0 Å². The van der Waals surface area contributed by atoms with Crippen molar-refractivity contribution >= 4 is 23.7 Å². The first-order valence-electron chi connectivity index (χ1n) is 11.5. The summed E-state index contributed by atoms with van der Waals surface area (Å²) in [5, 5.41) is 5.37. The second-order valence-corrected chi connectivity index (χ2v) is 8.24. The molecular formula is C28H30N2O5. The van der Waals surface area contributed by atoms with Crippen molar-refractivity contribution in [1.82, 2.24) is 5.32 Å². The number of ether oxygens (including phenoxy) is 2. The summed E-state index contributed by atoms with van der Waals surface area (Å²) in [4.78, 5) is 37.6. The minimum Gasteiger partial charge on any atom is -0.459 e. The highest BCUT2D eigenvalue weighted by Gasteiger charge is 2.24. The predicted molar refractivity (Wildman–Crippen MR) is 134 cm³/mol. The van der Waals surface area contributed by atoms with E-state index in [1.807, 2.05) is 92.7 Å². The highest BCUT2D eigenvalue weighted by Crippen LogP contribution is 2.15. The van der Waals surface area contributed by atoms with Crippen LogP contribution in [0.15, 0.2) is 78.9 Å². The Hall–Kier alpha value is -4.13. The predicted octanol–water partition coefficient (Wildman–Crippen LogP) is 5.06.